The van der Waals surface area contributed by atoms with Gasteiger partial charge < -0.3 is 15.0 Å². The first-order chi connectivity index (χ1) is 13.3. The maximum Gasteiger partial charge on any atom is 0.404 e. The van der Waals surface area contributed by atoms with E-state index in [2.05, 4.69) is 25.9 Å². The van der Waals surface area contributed by atoms with E-state index in [0.29, 0.717) is 40.7 Å². The van der Waals surface area contributed by atoms with Gasteiger partial charge in [-0.3, -0.25) is 9.69 Å². The van der Waals surface area contributed by atoms with Crippen molar-refractivity contribution in [3.63, 3.8) is 0 Å². The van der Waals surface area contributed by atoms with Crippen LogP contribution in [0.15, 0.2) is 28.9 Å². The summed E-state index contributed by atoms with van der Waals surface area (Å²) in [5.41, 5.74) is 1.01. The standard InChI is InChI=1S/C17H18BrCl2N5O3/c18-14-11-24(21-17(14)25(27)28)4-3-16(26)23-7-5-22(6-8-23)10-12-1-2-13(19)9-15(12)20/h1-2,9,11H,3-8,10H2. The first kappa shape index (κ1) is 21.0. The molecular formula is C17H18BrCl2N5O3. The number of amides is 1. The molecule has 0 aliphatic carbocycles. The minimum absolute atomic E-state index is 0.0125. The molecule has 0 unspecified atom stereocenters. The van der Waals surface area contributed by atoms with Crippen LogP contribution in [0.4, 0.5) is 5.82 Å². The molecule has 0 N–H and O–H groups in total. The van der Waals surface area contributed by atoms with Crippen LogP contribution >= 0.6 is 39.1 Å². The number of carbonyl (C=O) groups is 1. The Hall–Kier alpha value is -1.68. The van der Waals surface area contributed by atoms with Gasteiger partial charge in [-0.15, -0.1) is 0 Å². The third-order valence-corrected chi connectivity index (χ3v) is 5.71. The number of aromatic nitrogens is 2. The summed E-state index contributed by atoms with van der Waals surface area (Å²) in [6.45, 7) is 3.78. The van der Waals surface area contributed by atoms with Crippen LogP contribution in [0.2, 0.25) is 10.0 Å². The highest BCUT2D eigenvalue weighted by Crippen LogP contribution is 2.23. The van der Waals surface area contributed by atoms with Gasteiger partial charge in [0.2, 0.25) is 5.91 Å². The molecular weight excluding hydrogens is 473 g/mol. The summed E-state index contributed by atoms with van der Waals surface area (Å²) in [5.74, 6) is -0.236. The Balaban J connectivity index is 1.47. The van der Waals surface area contributed by atoms with E-state index in [1.54, 1.807) is 6.07 Å². The fourth-order valence-electron chi connectivity index (χ4n) is 3.04. The van der Waals surface area contributed by atoms with Gasteiger partial charge in [0.25, 0.3) is 0 Å². The highest BCUT2D eigenvalue weighted by atomic mass is 79.9. The molecule has 0 atom stereocenters. The van der Waals surface area contributed by atoms with E-state index in [1.807, 2.05) is 17.0 Å². The molecule has 11 heteroatoms. The maximum absolute atomic E-state index is 12.4. The number of hydrogen-bond acceptors (Lipinski definition) is 5. The molecule has 1 aliphatic rings. The fourth-order valence-corrected chi connectivity index (χ4v) is 3.97. The zero-order valence-corrected chi connectivity index (χ0v) is 18.0. The van der Waals surface area contributed by atoms with Gasteiger partial charge in [-0.2, -0.15) is 4.68 Å². The SMILES string of the molecule is O=C(CCn1cc(Br)c([N+](=O)[O-])n1)N1CCN(Cc2ccc(Cl)cc2Cl)CC1. The van der Waals surface area contributed by atoms with Gasteiger partial charge in [0, 0.05) is 49.2 Å². The molecule has 2 aromatic rings. The Morgan fingerprint density at radius 1 is 1.25 bits per heavy atom. The fraction of sp³-hybridized carbons (Fsp3) is 0.412. The van der Waals surface area contributed by atoms with Crippen LogP contribution in [-0.4, -0.2) is 56.6 Å². The van der Waals surface area contributed by atoms with E-state index in [1.165, 1.54) is 10.9 Å². The van der Waals surface area contributed by atoms with E-state index in [4.69, 9.17) is 23.2 Å². The molecule has 8 nitrogen and oxygen atoms in total. The van der Waals surface area contributed by atoms with Crippen molar-refractivity contribution in [2.75, 3.05) is 26.2 Å². The van der Waals surface area contributed by atoms with Crippen LogP contribution in [0.5, 0.6) is 0 Å². The molecule has 1 aromatic heterocycles. The molecule has 1 aliphatic heterocycles. The third kappa shape index (κ3) is 5.22. The second-order valence-electron chi connectivity index (χ2n) is 6.46. The number of benzene rings is 1. The molecule has 1 fully saturated rings. The van der Waals surface area contributed by atoms with Crippen LogP contribution in [0.1, 0.15) is 12.0 Å². The lowest BCUT2D eigenvalue weighted by Gasteiger charge is -2.35. The van der Waals surface area contributed by atoms with Crippen molar-refractivity contribution in [2.24, 2.45) is 0 Å². The number of aryl methyl sites for hydroxylation is 1. The first-order valence-corrected chi connectivity index (χ1v) is 10.2. The Kier molecular flexibility index (Phi) is 6.92. The highest BCUT2D eigenvalue weighted by molar-refractivity contribution is 9.10. The maximum atomic E-state index is 12.4. The van der Waals surface area contributed by atoms with E-state index in [-0.39, 0.29) is 18.1 Å². The Bertz CT molecular complexity index is 884. The molecule has 2 heterocycles. The largest absolute Gasteiger partial charge is 0.404 e. The van der Waals surface area contributed by atoms with Crippen molar-refractivity contribution in [1.82, 2.24) is 19.6 Å². The van der Waals surface area contributed by atoms with Gasteiger partial charge in [-0.05, 0) is 38.5 Å². The topological polar surface area (TPSA) is 84.5 Å². The lowest BCUT2D eigenvalue weighted by Crippen LogP contribution is -2.48. The normalized spacial score (nSPS) is 15.0. The number of carbonyl (C=O) groups excluding carboxylic acids is 1. The quantitative estimate of drug-likeness (QED) is 0.456. The summed E-state index contributed by atoms with van der Waals surface area (Å²) < 4.78 is 1.72. The lowest BCUT2D eigenvalue weighted by molar-refractivity contribution is -0.390. The van der Waals surface area contributed by atoms with Crippen molar-refractivity contribution in [3.8, 4) is 0 Å². The molecule has 3 rings (SSSR count). The van der Waals surface area contributed by atoms with Gasteiger partial charge >= 0.3 is 5.82 Å². The van der Waals surface area contributed by atoms with Crippen LogP contribution in [0, 0.1) is 10.1 Å². The van der Waals surface area contributed by atoms with Crippen LogP contribution < -0.4 is 0 Å². The van der Waals surface area contributed by atoms with Crippen molar-refractivity contribution in [3.05, 3.63) is 54.6 Å². The highest BCUT2D eigenvalue weighted by Gasteiger charge is 2.23. The van der Waals surface area contributed by atoms with Crippen molar-refractivity contribution in [2.45, 2.75) is 19.5 Å². The summed E-state index contributed by atoms with van der Waals surface area (Å²) in [4.78, 5) is 26.8. The second kappa shape index (κ2) is 9.21. The zero-order chi connectivity index (χ0) is 20.3. The van der Waals surface area contributed by atoms with Gasteiger partial charge in [0.15, 0.2) is 0 Å². The Morgan fingerprint density at radius 2 is 1.96 bits per heavy atom. The Labute approximate surface area is 180 Å². The number of halogens is 3. The van der Waals surface area contributed by atoms with Crippen molar-refractivity contribution in [1.29, 1.82) is 0 Å². The van der Waals surface area contributed by atoms with Gasteiger partial charge in [-0.1, -0.05) is 29.3 Å². The molecule has 0 saturated carbocycles. The summed E-state index contributed by atoms with van der Waals surface area (Å²) in [7, 11) is 0. The second-order valence-corrected chi connectivity index (χ2v) is 8.16. The zero-order valence-electron chi connectivity index (χ0n) is 14.9. The average molecular weight is 491 g/mol. The monoisotopic (exact) mass is 489 g/mol. The number of hydrogen-bond donors (Lipinski definition) is 0. The van der Waals surface area contributed by atoms with Crippen LogP contribution in [-0.2, 0) is 17.9 Å². The lowest BCUT2D eigenvalue weighted by atomic mass is 10.2. The molecule has 28 heavy (non-hydrogen) atoms. The van der Waals surface area contributed by atoms with E-state index in [0.717, 1.165) is 18.7 Å². The van der Waals surface area contributed by atoms with Crippen molar-refractivity contribution < 1.29 is 9.72 Å². The van der Waals surface area contributed by atoms with Gasteiger partial charge in [0.05, 0.1) is 17.8 Å². The molecule has 1 amide bonds. The predicted molar refractivity (Wildman–Crippen MR) is 110 cm³/mol. The number of rotatable bonds is 6. The number of piperazine rings is 1. The van der Waals surface area contributed by atoms with E-state index in [9.17, 15) is 14.9 Å². The molecule has 150 valence electrons. The average Bonchev–Trinajstić information content (AvgIpc) is 3.03. The summed E-state index contributed by atoms with van der Waals surface area (Å²) in [6, 6.07) is 5.47. The van der Waals surface area contributed by atoms with Crippen molar-refractivity contribution >= 4 is 50.9 Å². The summed E-state index contributed by atoms with van der Waals surface area (Å²) >= 11 is 15.3. The number of nitro groups is 1. The van der Waals surface area contributed by atoms with Crippen LogP contribution in [0.3, 0.4) is 0 Å². The molecule has 0 spiro atoms. The van der Waals surface area contributed by atoms with Crippen LogP contribution in [0.25, 0.3) is 0 Å². The molecule has 0 bridgehead atoms. The predicted octanol–water partition coefficient (Wildman–Crippen LogP) is 3.60. The molecule has 1 saturated heterocycles. The van der Waals surface area contributed by atoms with Gasteiger partial charge in [0.1, 0.15) is 4.47 Å². The third-order valence-electron chi connectivity index (χ3n) is 4.56. The summed E-state index contributed by atoms with van der Waals surface area (Å²) in [6.07, 6.45) is 1.76. The summed E-state index contributed by atoms with van der Waals surface area (Å²) in [5, 5.41) is 15.9. The van der Waals surface area contributed by atoms with Gasteiger partial charge in [-0.25, -0.2) is 0 Å². The first-order valence-electron chi connectivity index (χ1n) is 8.65. The number of nitrogens with zero attached hydrogens (tertiary/aromatic N) is 5. The molecule has 0 radical (unpaired) electrons. The van der Waals surface area contributed by atoms with E-state index < -0.39 is 4.92 Å². The Morgan fingerprint density at radius 3 is 2.57 bits per heavy atom. The smallest absolute Gasteiger partial charge is 0.358 e. The van der Waals surface area contributed by atoms with E-state index >= 15 is 0 Å². The molecule has 1 aromatic carbocycles. The minimum Gasteiger partial charge on any atom is -0.358 e. The minimum atomic E-state index is -0.561.